The highest BCUT2D eigenvalue weighted by Crippen LogP contribution is 2.32. The summed E-state index contributed by atoms with van der Waals surface area (Å²) in [6.45, 7) is 8.06. The lowest BCUT2D eigenvalue weighted by Gasteiger charge is -2.30. The van der Waals surface area contributed by atoms with E-state index in [1.807, 2.05) is 63.2 Å². The van der Waals surface area contributed by atoms with Crippen molar-refractivity contribution in [2.75, 3.05) is 12.4 Å². The number of thioether (sulfide) groups is 1. The van der Waals surface area contributed by atoms with E-state index in [0.717, 1.165) is 21.6 Å². The van der Waals surface area contributed by atoms with E-state index >= 15 is 0 Å². The van der Waals surface area contributed by atoms with Crippen LogP contribution in [0.5, 0.6) is 0 Å². The summed E-state index contributed by atoms with van der Waals surface area (Å²) in [7, 11) is 0. The summed E-state index contributed by atoms with van der Waals surface area (Å²) in [6.07, 6.45) is 0. The molecule has 1 atom stereocenters. The smallest absolute Gasteiger partial charge is 0.338 e. The second-order valence-corrected chi connectivity index (χ2v) is 8.15. The predicted molar refractivity (Wildman–Crippen MR) is 116 cm³/mol. The molecule has 1 aliphatic rings. The number of esters is 1. The topological polar surface area (TPSA) is 67.4 Å². The van der Waals surface area contributed by atoms with E-state index in [9.17, 15) is 9.59 Å². The van der Waals surface area contributed by atoms with Crippen LogP contribution in [0.3, 0.4) is 0 Å². The van der Waals surface area contributed by atoms with E-state index < -0.39 is 12.0 Å². The Balaban J connectivity index is 2.00. The van der Waals surface area contributed by atoms with Crippen LogP contribution in [0.4, 0.5) is 4.79 Å². The lowest BCUT2D eigenvalue weighted by Crippen LogP contribution is -2.46. The van der Waals surface area contributed by atoms with Crippen molar-refractivity contribution in [1.82, 2.24) is 10.6 Å². The Morgan fingerprint density at radius 3 is 2.45 bits per heavy atom. The van der Waals surface area contributed by atoms with Crippen LogP contribution in [0.2, 0.25) is 0 Å². The molecule has 0 aromatic heterocycles. The van der Waals surface area contributed by atoms with Crippen molar-refractivity contribution in [2.45, 2.75) is 38.6 Å². The van der Waals surface area contributed by atoms with Crippen molar-refractivity contribution in [3.05, 3.63) is 76.0 Å². The molecule has 0 bridgehead atoms. The second-order valence-electron chi connectivity index (χ2n) is 7.11. The standard InChI is InChI=1S/C23H26N2O3S/c1-5-28-22(26)20-19(13-29-17-10-7-14(2)8-11-17)24-23(27)25-21(20)18-12-15(3)6-9-16(18)4/h6-12,21H,5,13H2,1-4H3,(H2,24,25,27)/t21-/m1/s1. The molecule has 2 N–H and O–H groups in total. The number of benzene rings is 2. The minimum Gasteiger partial charge on any atom is -0.463 e. The van der Waals surface area contributed by atoms with Gasteiger partial charge in [0.15, 0.2) is 0 Å². The van der Waals surface area contributed by atoms with Crippen LogP contribution < -0.4 is 10.6 Å². The molecule has 0 radical (unpaired) electrons. The zero-order valence-corrected chi connectivity index (χ0v) is 18.0. The molecule has 2 aromatic carbocycles. The van der Waals surface area contributed by atoms with E-state index in [4.69, 9.17) is 4.74 Å². The summed E-state index contributed by atoms with van der Waals surface area (Å²) in [5.74, 6) is 0.0526. The molecule has 0 saturated carbocycles. The minimum absolute atomic E-state index is 0.272. The fourth-order valence-electron chi connectivity index (χ4n) is 3.28. The molecule has 5 nitrogen and oxygen atoms in total. The van der Waals surface area contributed by atoms with Crippen molar-refractivity contribution in [3.8, 4) is 0 Å². The second kappa shape index (κ2) is 9.18. The Hall–Kier alpha value is -2.73. The van der Waals surface area contributed by atoms with E-state index in [1.165, 1.54) is 5.56 Å². The molecule has 0 unspecified atom stereocenters. The highest BCUT2D eigenvalue weighted by molar-refractivity contribution is 7.99. The summed E-state index contributed by atoms with van der Waals surface area (Å²) in [5.41, 5.74) is 5.21. The van der Waals surface area contributed by atoms with Crippen molar-refractivity contribution < 1.29 is 14.3 Å². The first kappa shape index (κ1) is 21.0. The van der Waals surface area contributed by atoms with Crippen molar-refractivity contribution in [1.29, 1.82) is 0 Å². The predicted octanol–water partition coefficient (Wildman–Crippen LogP) is 4.58. The van der Waals surface area contributed by atoms with Crippen LogP contribution in [-0.4, -0.2) is 24.4 Å². The maximum Gasteiger partial charge on any atom is 0.338 e. The maximum atomic E-state index is 12.9. The third kappa shape index (κ3) is 5.01. The molecular formula is C23H26N2O3S. The van der Waals surface area contributed by atoms with Crippen LogP contribution in [0, 0.1) is 20.8 Å². The van der Waals surface area contributed by atoms with Crippen molar-refractivity contribution in [2.24, 2.45) is 0 Å². The summed E-state index contributed by atoms with van der Waals surface area (Å²) < 4.78 is 5.34. The quantitative estimate of drug-likeness (QED) is 0.541. The van der Waals surface area contributed by atoms with Crippen molar-refractivity contribution in [3.63, 3.8) is 0 Å². The van der Waals surface area contributed by atoms with Gasteiger partial charge in [-0.2, -0.15) is 0 Å². The van der Waals surface area contributed by atoms with Gasteiger partial charge in [-0.05, 0) is 51.0 Å². The number of hydrogen-bond donors (Lipinski definition) is 2. The van der Waals surface area contributed by atoms with Gasteiger partial charge in [0.2, 0.25) is 0 Å². The largest absolute Gasteiger partial charge is 0.463 e. The average Bonchev–Trinajstić information content (AvgIpc) is 2.69. The number of ether oxygens (including phenoxy) is 1. The number of rotatable bonds is 6. The Morgan fingerprint density at radius 2 is 1.76 bits per heavy atom. The Kier molecular flexibility index (Phi) is 6.64. The molecule has 2 amide bonds. The molecule has 1 heterocycles. The van der Waals surface area contributed by atoms with Crippen LogP contribution in [0.1, 0.15) is 35.2 Å². The van der Waals surface area contributed by atoms with Gasteiger partial charge < -0.3 is 15.4 Å². The first-order chi connectivity index (χ1) is 13.9. The Morgan fingerprint density at radius 1 is 1.07 bits per heavy atom. The molecule has 1 aliphatic heterocycles. The lowest BCUT2D eigenvalue weighted by molar-refractivity contribution is -0.139. The van der Waals surface area contributed by atoms with Crippen LogP contribution in [0.15, 0.2) is 58.6 Å². The summed E-state index contributed by atoms with van der Waals surface area (Å²) in [5, 5.41) is 5.74. The lowest BCUT2D eigenvalue weighted by atomic mass is 9.91. The number of carbonyl (C=O) groups is 2. The van der Waals surface area contributed by atoms with Gasteiger partial charge in [0.05, 0.1) is 18.2 Å². The number of hydrogen-bond acceptors (Lipinski definition) is 4. The van der Waals surface area contributed by atoms with Gasteiger partial charge in [-0.3, -0.25) is 0 Å². The molecule has 3 rings (SSSR count). The van der Waals surface area contributed by atoms with Gasteiger partial charge in [-0.25, -0.2) is 9.59 Å². The third-order valence-corrected chi connectivity index (χ3v) is 5.84. The van der Waals surface area contributed by atoms with Crippen molar-refractivity contribution >= 4 is 23.8 Å². The molecule has 6 heteroatoms. The molecule has 0 saturated heterocycles. The van der Waals surface area contributed by atoms with Gasteiger partial charge in [-0.1, -0.05) is 41.5 Å². The monoisotopic (exact) mass is 410 g/mol. The Bertz CT molecular complexity index is 951. The fraction of sp³-hybridized carbons (Fsp3) is 0.304. The maximum absolute atomic E-state index is 12.9. The average molecular weight is 411 g/mol. The van der Waals surface area contributed by atoms with Gasteiger partial charge in [0.1, 0.15) is 0 Å². The van der Waals surface area contributed by atoms with Crippen LogP contribution in [0.25, 0.3) is 0 Å². The molecule has 0 aliphatic carbocycles. The Labute approximate surface area is 175 Å². The van der Waals surface area contributed by atoms with E-state index in [1.54, 1.807) is 18.7 Å². The van der Waals surface area contributed by atoms with Gasteiger partial charge in [-0.15, -0.1) is 11.8 Å². The first-order valence-electron chi connectivity index (χ1n) is 9.63. The SMILES string of the molecule is CCOC(=O)C1=C(CSc2ccc(C)cc2)NC(=O)N[C@@H]1c1cc(C)ccc1C. The van der Waals surface area contributed by atoms with E-state index in [0.29, 0.717) is 17.0 Å². The summed E-state index contributed by atoms with van der Waals surface area (Å²) >= 11 is 1.57. The van der Waals surface area contributed by atoms with E-state index in [2.05, 4.69) is 10.6 Å². The number of carbonyl (C=O) groups excluding carboxylic acids is 2. The van der Waals surface area contributed by atoms with Gasteiger partial charge >= 0.3 is 12.0 Å². The fourth-order valence-corrected chi connectivity index (χ4v) is 4.14. The third-order valence-electron chi connectivity index (χ3n) is 4.80. The number of nitrogens with one attached hydrogen (secondary N) is 2. The molecule has 0 fully saturated rings. The minimum atomic E-state index is -0.545. The molecule has 0 spiro atoms. The molecule has 2 aromatic rings. The highest BCUT2D eigenvalue weighted by atomic mass is 32.2. The first-order valence-corrected chi connectivity index (χ1v) is 10.6. The highest BCUT2D eigenvalue weighted by Gasteiger charge is 2.34. The normalized spacial score (nSPS) is 16.3. The van der Waals surface area contributed by atoms with E-state index in [-0.39, 0.29) is 12.6 Å². The molecule has 29 heavy (non-hydrogen) atoms. The number of aryl methyl sites for hydroxylation is 3. The summed E-state index contributed by atoms with van der Waals surface area (Å²) in [4.78, 5) is 26.4. The zero-order chi connectivity index (χ0) is 21.0. The number of amides is 2. The molecule has 152 valence electrons. The van der Waals surface area contributed by atoms with Crippen LogP contribution in [-0.2, 0) is 9.53 Å². The zero-order valence-electron chi connectivity index (χ0n) is 17.2. The summed E-state index contributed by atoms with van der Waals surface area (Å²) in [6, 6.07) is 13.3. The number of urea groups is 1. The van der Waals surface area contributed by atoms with Gasteiger partial charge in [0, 0.05) is 16.3 Å². The molecular weight excluding hydrogens is 384 g/mol. The van der Waals surface area contributed by atoms with Gasteiger partial charge in [0.25, 0.3) is 0 Å². The van der Waals surface area contributed by atoms with Crippen LogP contribution >= 0.6 is 11.8 Å².